The molecule has 1 fully saturated rings. The van der Waals surface area contributed by atoms with Crippen molar-refractivity contribution in [3.63, 3.8) is 0 Å². The van der Waals surface area contributed by atoms with Crippen molar-refractivity contribution >= 4 is 17.4 Å². The minimum Gasteiger partial charge on any atom is -0.388 e. The summed E-state index contributed by atoms with van der Waals surface area (Å²) >= 11 is 0. The predicted octanol–water partition coefficient (Wildman–Crippen LogP) is 1.02. The Morgan fingerprint density at radius 1 is 1.67 bits per heavy atom. The molecular weight excluding hydrogens is 276 g/mol. The first kappa shape index (κ1) is 15.2. The number of nitro groups is 1. The summed E-state index contributed by atoms with van der Waals surface area (Å²) in [6, 6.07) is 1.39. The van der Waals surface area contributed by atoms with Gasteiger partial charge in [-0.3, -0.25) is 14.9 Å². The van der Waals surface area contributed by atoms with Gasteiger partial charge in [-0.15, -0.1) is 0 Å². The van der Waals surface area contributed by atoms with E-state index in [4.69, 9.17) is 0 Å². The number of nitrogens with zero attached hydrogens (tertiary/aromatic N) is 3. The smallest absolute Gasteiger partial charge is 0.300 e. The summed E-state index contributed by atoms with van der Waals surface area (Å²) in [5.74, 6) is -0.0431. The second-order valence-electron chi connectivity index (χ2n) is 5.35. The van der Waals surface area contributed by atoms with E-state index in [1.54, 1.807) is 6.92 Å². The van der Waals surface area contributed by atoms with Crippen LogP contribution in [0.1, 0.15) is 30.6 Å². The summed E-state index contributed by atoms with van der Waals surface area (Å²) in [6.45, 7) is 4.65. The fourth-order valence-corrected chi connectivity index (χ4v) is 2.33. The molecule has 2 rings (SSSR count). The van der Waals surface area contributed by atoms with Gasteiger partial charge in [0.15, 0.2) is 0 Å². The van der Waals surface area contributed by atoms with Crippen LogP contribution in [0, 0.1) is 10.1 Å². The van der Waals surface area contributed by atoms with Crippen molar-refractivity contribution in [3.05, 3.63) is 27.9 Å². The Bertz CT molecular complexity index is 573. The van der Waals surface area contributed by atoms with Gasteiger partial charge in [-0.25, -0.2) is 4.98 Å². The van der Waals surface area contributed by atoms with Gasteiger partial charge in [0.2, 0.25) is 0 Å². The third-order valence-corrected chi connectivity index (χ3v) is 3.41. The summed E-state index contributed by atoms with van der Waals surface area (Å²) in [7, 11) is 0. The molecule has 21 heavy (non-hydrogen) atoms. The minimum absolute atomic E-state index is 0.0105. The molecule has 1 unspecified atom stereocenters. The number of hydrogen-bond donors (Lipinski definition) is 2. The van der Waals surface area contributed by atoms with E-state index >= 15 is 0 Å². The maximum atomic E-state index is 12.5. The lowest BCUT2D eigenvalue weighted by Gasteiger charge is -2.19. The molecule has 0 aromatic carbocycles. The highest BCUT2D eigenvalue weighted by atomic mass is 16.6. The maximum Gasteiger partial charge on any atom is 0.300 e. The Kier molecular flexibility index (Phi) is 4.08. The van der Waals surface area contributed by atoms with Gasteiger partial charge in [0, 0.05) is 25.7 Å². The second kappa shape index (κ2) is 5.65. The number of hydrogen-bond acceptors (Lipinski definition) is 6. The van der Waals surface area contributed by atoms with Gasteiger partial charge in [0.05, 0.1) is 10.5 Å². The molecule has 2 heterocycles. The molecule has 8 nitrogen and oxygen atoms in total. The first-order valence-electron chi connectivity index (χ1n) is 6.74. The molecule has 1 aromatic heterocycles. The van der Waals surface area contributed by atoms with Crippen LogP contribution in [0.4, 0.5) is 11.5 Å². The molecule has 1 aliphatic heterocycles. The van der Waals surface area contributed by atoms with Crippen LogP contribution < -0.4 is 5.32 Å². The van der Waals surface area contributed by atoms with Crippen LogP contribution >= 0.6 is 0 Å². The largest absolute Gasteiger partial charge is 0.388 e. The summed E-state index contributed by atoms with van der Waals surface area (Å²) in [5.41, 5.74) is -1.28. The normalized spacial score (nSPS) is 21.4. The Hall–Kier alpha value is -2.22. The molecule has 1 amide bonds. The Balaban J connectivity index is 2.34. The van der Waals surface area contributed by atoms with Gasteiger partial charge in [-0.2, -0.15) is 0 Å². The van der Waals surface area contributed by atoms with Gasteiger partial charge in [0.1, 0.15) is 17.6 Å². The molecule has 0 radical (unpaired) electrons. The van der Waals surface area contributed by atoms with Crippen LogP contribution in [-0.2, 0) is 0 Å². The first-order chi connectivity index (χ1) is 9.84. The van der Waals surface area contributed by atoms with Crippen molar-refractivity contribution in [1.82, 2.24) is 9.88 Å². The number of carbonyl (C=O) groups excluding carboxylic acids is 1. The number of aliphatic hydroxyl groups is 1. The van der Waals surface area contributed by atoms with Crippen molar-refractivity contribution in [2.45, 2.75) is 25.9 Å². The quantitative estimate of drug-likeness (QED) is 0.634. The maximum absolute atomic E-state index is 12.5. The van der Waals surface area contributed by atoms with Gasteiger partial charge < -0.3 is 15.3 Å². The number of rotatable bonds is 4. The second-order valence-corrected chi connectivity index (χ2v) is 5.35. The fraction of sp³-hybridized carbons (Fsp3) is 0.538. The zero-order chi connectivity index (χ0) is 15.6. The molecule has 0 saturated carbocycles. The SMILES string of the molecule is CCNc1cc(C(=O)N2CCC(C)(O)C2)c([N+](=O)[O-])cn1. The molecule has 2 N–H and O–H groups in total. The number of likely N-dealkylation sites (tertiary alicyclic amines) is 1. The Labute approximate surface area is 121 Å². The number of pyridine rings is 1. The number of anilines is 1. The fourth-order valence-electron chi connectivity index (χ4n) is 2.33. The number of aromatic nitrogens is 1. The van der Waals surface area contributed by atoms with E-state index in [1.807, 2.05) is 6.92 Å². The van der Waals surface area contributed by atoms with Crippen molar-refractivity contribution in [2.24, 2.45) is 0 Å². The zero-order valence-electron chi connectivity index (χ0n) is 12.0. The molecule has 1 aliphatic rings. The van der Waals surface area contributed by atoms with Gasteiger partial charge >= 0.3 is 0 Å². The van der Waals surface area contributed by atoms with Crippen molar-refractivity contribution in [3.8, 4) is 0 Å². The van der Waals surface area contributed by atoms with E-state index in [-0.39, 0.29) is 17.8 Å². The molecular formula is C13H18N4O4. The highest BCUT2D eigenvalue weighted by Gasteiger charge is 2.36. The molecule has 1 aromatic rings. The topological polar surface area (TPSA) is 109 Å². The highest BCUT2D eigenvalue weighted by Crippen LogP contribution is 2.26. The lowest BCUT2D eigenvalue weighted by molar-refractivity contribution is -0.385. The number of nitrogens with one attached hydrogen (secondary N) is 1. The summed E-state index contributed by atoms with van der Waals surface area (Å²) < 4.78 is 0. The molecule has 0 bridgehead atoms. The number of carbonyl (C=O) groups is 1. The lowest BCUT2D eigenvalue weighted by atomic mass is 10.1. The molecule has 0 aliphatic carbocycles. The lowest BCUT2D eigenvalue weighted by Crippen LogP contribution is -2.34. The van der Waals surface area contributed by atoms with Crippen LogP contribution in [0.5, 0.6) is 0 Å². The third kappa shape index (κ3) is 3.27. The van der Waals surface area contributed by atoms with Crippen molar-refractivity contribution < 1.29 is 14.8 Å². The highest BCUT2D eigenvalue weighted by molar-refractivity contribution is 5.99. The van der Waals surface area contributed by atoms with Crippen LogP contribution in [-0.4, -0.2) is 51.1 Å². The van der Waals surface area contributed by atoms with Crippen LogP contribution in [0.2, 0.25) is 0 Å². The van der Waals surface area contributed by atoms with Crippen LogP contribution in [0.15, 0.2) is 12.3 Å². The van der Waals surface area contributed by atoms with E-state index < -0.39 is 16.4 Å². The number of amides is 1. The summed E-state index contributed by atoms with van der Waals surface area (Å²) in [4.78, 5) is 28.3. The van der Waals surface area contributed by atoms with Gasteiger partial charge in [-0.05, 0) is 20.3 Å². The van der Waals surface area contributed by atoms with E-state index in [2.05, 4.69) is 10.3 Å². The molecule has 0 spiro atoms. The van der Waals surface area contributed by atoms with Crippen LogP contribution in [0.25, 0.3) is 0 Å². The standard InChI is InChI=1S/C13H18N4O4/c1-3-14-11-6-9(10(7-15-11)17(20)21)12(18)16-5-4-13(2,19)8-16/h6-7,19H,3-5,8H2,1-2H3,(H,14,15). The minimum atomic E-state index is -0.942. The zero-order valence-corrected chi connectivity index (χ0v) is 12.0. The molecule has 8 heteroatoms. The number of β-amino-alcohol motifs (C(OH)–C–C–N with tert-alkyl or cyclic N) is 1. The predicted molar refractivity (Wildman–Crippen MR) is 76.2 cm³/mol. The average molecular weight is 294 g/mol. The van der Waals surface area contributed by atoms with Crippen LogP contribution in [0.3, 0.4) is 0 Å². The van der Waals surface area contributed by atoms with E-state index in [1.165, 1.54) is 11.0 Å². The van der Waals surface area contributed by atoms with Gasteiger partial charge in [0.25, 0.3) is 11.6 Å². The molecule has 1 saturated heterocycles. The average Bonchev–Trinajstić information content (AvgIpc) is 2.78. The van der Waals surface area contributed by atoms with E-state index in [0.29, 0.717) is 25.3 Å². The van der Waals surface area contributed by atoms with Gasteiger partial charge in [-0.1, -0.05) is 0 Å². The molecule has 1 atom stereocenters. The van der Waals surface area contributed by atoms with E-state index in [0.717, 1.165) is 6.20 Å². The Morgan fingerprint density at radius 2 is 2.38 bits per heavy atom. The summed E-state index contributed by atoms with van der Waals surface area (Å²) in [5, 5.41) is 23.9. The third-order valence-electron chi connectivity index (χ3n) is 3.41. The Morgan fingerprint density at radius 3 is 2.90 bits per heavy atom. The molecule has 114 valence electrons. The van der Waals surface area contributed by atoms with Crippen molar-refractivity contribution in [2.75, 3.05) is 25.0 Å². The summed E-state index contributed by atoms with van der Waals surface area (Å²) in [6.07, 6.45) is 1.54. The van der Waals surface area contributed by atoms with Crippen molar-refractivity contribution in [1.29, 1.82) is 0 Å². The van der Waals surface area contributed by atoms with E-state index in [9.17, 15) is 20.0 Å². The first-order valence-corrected chi connectivity index (χ1v) is 6.74. The monoisotopic (exact) mass is 294 g/mol.